The van der Waals surface area contributed by atoms with Crippen molar-refractivity contribution in [2.75, 3.05) is 31.6 Å². The van der Waals surface area contributed by atoms with E-state index in [-0.39, 0.29) is 0 Å². The van der Waals surface area contributed by atoms with E-state index in [1.807, 2.05) is 44.2 Å². The standard InChI is InChI=1S/C23H29N3O3/c1-3-27-21-10-9-17(15-22(21)28-4-2)16-26-13-11-18(12-14-26)24-23-25-19-7-5-6-8-20(19)29-23/h5-10,15,18H,3-4,11-14,16H2,1-2H3,(H,24,25). The number of hydrogen-bond donors (Lipinski definition) is 1. The number of oxazole rings is 1. The van der Waals surface area contributed by atoms with Gasteiger partial charge in [0.1, 0.15) is 5.52 Å². The number of fused-ring (bicyclic) bond motifs is 1. The third-order valence-electron chi connectivity index (χ3n) is 5.22. The number of nitrogens with one attached hydrogen (secondary N) is 1. The zero-order valence-electron chi connectivity index (χ0n) is 17.2. The van der Waals surface area contributed by atoms with Crippen molar-refractivity contribution in [1.82, 2.24) is 9.88 Å². The molecule has 2 heterocycles. The van der Waals surface area contributed by atoms with E-state index in [0.29, 0.717) is 25.3 Å². The van der Waals surface area contributed by atoms with E-state index in [1.165, 1.54) is 5.56 Å². The molecule has 6 heteroatoms. The maximum absolute atomic E-state index is 5.80. The molecule has 0 bridgehead atoms. The average molecular weight is 396 g/mol. The fourth-order valence-electron chi connectivity index (χ4n) is 3.80. The molecule has 0 unspecified atom stereocenters. The summed E-state index contributed by atoms with van der Waals surface area (Å²) in [6.07, 6.45) is 2.13. The first-order valence-corrected chi connectivity index (χ1v) is 10.5. The summed E-state index contributed by atoms with van der Waals surface area (Å²) >= 11 is 0. The summed E-state index contributed by atoms with van der Waals surface area (Å²) in [5, 5.41) is 3.46. The second-order valence-corrected chi connectivity index (χ2v) is 7.33. The third-order valence-corrected chi connectivity index (χ3v) is 5.22. The molecular formula is C23H29N3O3. The minimum Gasteiger partial charge on any atom is -0.490 e. The van der Waals surface area contributed by atoms with Gasteiger partial charge in [-0.25, -0.2) is 0 Å². The Labute approximate surface area is 171 Å². The summed E-state index contributed by atoms with van der Waals surface area (Å²) in [5.41, 5.74) is 2.98. The molecule has 154 valence electrons. The highest BCUT2D eigenvalue weighted by molar-refractivity contribution is 5.74. The van der Waals surface area contributed by atoms with Gasteiger partial charge in [-0.1, -0.05) is 18.2 Å². The SMILES string of the molecule is CCOc1ccc(CN2CCC(Nc3nc4ccccc4o3)CC2)cc1OCC. The molecule has 0 aliphatic carbocycles. The molecule has 1 aliphatic rings. The van der Waals surface area contributed by atoms with Crippen LogP contribution in [0.25, 0.3) is 11.1 Å². The molecule has 1 fully saturated rings. The first-order chi connectivity index (χ1) is 14.2. The van der Waals surface area contributed by atoms with Gasteiger partial charge in [-0.2, -0.15) is 4.98 Å². The molecular weight excluding hydrogens is 366 g/mol. The van der Waals surface area contributed by atoms with Gasteiger partial charge in [0, 0.05) is 25.7 Å². The molecule has 0 amide bonds. The van der Waals surface area contributed by atoms with Gasteiger partial charge in [0.2, 0.25) is 0 Å². The van der Waals surface area contributed by atoms with Crippen molar-refractivity contribution in [2.24, 2.45) is 0 Å². The van der Waals surface area contributed by atoms with Gasteiger partial charge in [0.15, 0.2) is 17.1 Å². The maximum Gasteiger partial charge on any atom is 0.295 e. The van der Waals surface area contributed by atoms with Crippen LogP contribution in [0.2, 0.25) is 0 Å². The molecule has 6 nitrogen and oxygen atoms in total. The number of piperidine rings is 1. The molecule has 3 aromatic rings. The molecule has 4 rings (SSSR count). The predicted molar refractivity (Wildman–Crippen MR) is 115 cm³/mol. The molecule has 0 atom stereocenters. The first-order valence-electron chi connectivity index (χ1n) is 10.5. The van der Waals surface area contributed by atoms with Gasteiger partial charge in [0.05, 0.1) is 13.2 Å². The van der Waals surface area contributed by atoms with Crippen LogP contribution in [0, 0.1) is 0 Å². The van der Waals surface area contributed by atoms with Crippen molar-refractivity contribution >= 4 is 17.1 Å². The number of likely N-dealkylation sites (tertiary alicyclic amines) is 1. The zero-order valence-corrected chi connectivity index (χ0v) is 17.2. The van der Waals surface area contributed by atoms with E-state index in [0.717, 1.165) is 55.1 Å². The summed E-state index contributed by atoms with van der Waals surface area (Å²) < 4.78 is 17.2. The molecule has 2 aromatic carbocycles. The summed E-state index contributed by atoms with van der Waals surface area (Å²) in [6, 6.07) is 15.1. The molecule has 0 radical (unpaired) electrons. The van der Waals surface area contributed by atoms with Crippen LogP contribution in [0.1, 0.15) is 32.3 Å². The number of aromatic nitrogens is 1. The topological polar surface area (TPSA) is 59.8 Å². The van der Waals surface area contributed by atoms with Gasteiger partial charge >= 0.3 is 0 Å². The van der Waals surface area contributed by atoms with Gasteiger partial charge in [-0.3, -0.25) is 4.90 Å². The van der Waals surface area contributed by atoms with Crippen LogP contribution >= 0.6 is 0 Å². The number of benzene rings is 2. The molecule has 0 saturated carbocycles. The van der Waals surface area contributed by atoms with Crippen molar-refractivity contribution in [3.05, 3.63) is 48.0 Å². The Bertz CT molecular complexity index is 899. The summed E-state index contributed by atoms with van der Waals surface area (Å²) in [4.78, 5) is 7.01. The van der Waals surface area contributed by atoms with Gasteiger partial charge in [-0.15, -0.1) is 0 Å². The van der Waals surface area contributed by atoms with Crippen molar-refractivity contribution in [2.45, 2.75) is 39.3 Å². The lowest BCUT2D eigenvalue weighted by Gasteiger charge is -2.32. The highest BCUT2D eigenvalue weighted by Crippen LogP contribution is 2.29. The van der Waals surface area contributed by atoms with E-state index >= 15 is 0 Å². The number of rotatable bonds is 8. The first kappa shape index (κ1) is 19.6. The second kappa shape index (κ2) is 9.18. The maximum atomic E-state index is 5.80. The van der Waals surface area contributed by atoms with Crippen LogP contribution in [0.15, 0.2) is 46.9 Å². The molecule has 1 aliphatic heterocycles. The smallest absolute Gasteiger partial charge is 0.295 e. The molecule has 0 spiro atoms. The molecule has 1 N–H and O–H groups in total. The Morgan fingerprint density at radius 3 is 2.55 bits per heavy atom. The van der Waals surface area contributed by atoms with E-state index in [2.05, 4.69) is 27.3 Å². The zero-order chi connectivity index (χ0) is 20.1. The van der Waals surface area contributed by atoms with Crippen LogP contribution in [0.3, 0.4) is 0 Å². The second-order valence-electron chi connectivity index (χ2n) is 7.33. The predicted octanol–water partition coefficient (Wildman–Crippen LogP) is 4.70. The molecule has 29 heavy (non-hydrogen) atoms. The highest BCUT2D eigenvalue weighted by Gasteiger charge is 2.21. The Hall–Kier alpha value is -2.73. The lowest BCUT2D eigenvalue weighted by atomic mass is 10.0. The van der Waals surface area contributed by atoms with E-state index in [1.54, 1.807) is 0 Å². The van der Waals surface area contributed by atoms with Crippen molar-refractivity contribution < 1.29 is 13.9 Å². The Kier molecular flexibility index (Phi) is 6.20. The van der Waals surface area contributed by atoms with E-state index in [9.17, 15) is 0 Å². The fourth-order valence-corrected chi connectivity index (χ4v) is 3.80. The van der Waals surface area contributed by atoms with Crippen molar-refractivity contribution in [3.63, 3.8) is 0 Å². The van der Waals surface area contributed by atoms with Crippen LogP contribution in [0.4, 0.5) is 6.01 Å². The summed E-state index contributed by atoms with van der Waals surface area (Å²) in [7, 11) is 0. The number of anilines is 1. The molecule has 1 saturated heterocycles. The Morgan fingerprint density at radius 2 is 1.79 bits per heavy atom. The lowest BCUT2D eigenvalue weighted by Crippen LogP contribution is -2.38. The van der Waals surface area contributed by atoms with Crippen molar-refractivity contribution in [1.29, 1.82) is 0 Å². The minimum absolute atomic E-state index is 0.388. The largest absolute Gasteiger partial charge is 0.490 e. The monoisotopic (exact) mass is 395 g/mol. The number of hydrogen-bond acceptors (Lipinski definition) is 6. The Morgan fingerprint density at radius 1 is 1.03 bits per heavy atom. The van der Waals surface area contributed by atoms with Crippen LogP contribution in [-0.4, -0.2) is 42.2 Å². The normalized spacial score (nSPS) is 15.5. The van der Waals surface area contributed by atoms with E-state index in [4.69, 9.17) is 13.9 Å². The minimum atomic E-state index is 0.388. The number of ether oxygens (including phenoxy) is 2. The average Bonchev–Trinajstić information content (AvgIpc) is 3.14. The summed E-state index contributed by atoms with van der Waals surface area (Å²) in [5.74, 6) is 1.65. The fraction of sp³-hybridized carbons (Fsp3) is 0.435. The third kappa shape index (κ3) is 4.82. The number of nitrogens with zero attached hydrogens (tertiary/aromatic N) is 2. The highest BCUT2D eigenvalue weighted by atomic mass is 16.5. The van der Waals surface area contributed by atoms with Crippen molar-refractivity contribution in [3.8, 4) is 11.5 Å². The van der Waals surface area contributed by atoms with Gasteiger partial charge in [0.25, 0.3) is 6.01 Å². The quantitative estimate of drug-likeness (QED) is 0.596. The Balaban J connectivity index is 1.32. The van der Waals surface area contributed by atoms with Crippen LogP contribution in [0.5, 0.6) is 11.5 Å². The summed E-state index contributed by atoms with van der Waals surface area (Å²) in [6.45, 7) is 8.25. The molecule has 1 aromatic heterocycles. The lowest BCUT2D eigenvalue weighted by molar-refractivity contribution is 0.209. The van der Waals surface area contributed by atoms with Gasteiger partial charge in [-0.05, 0) is 56.5 Å². The van der Waals surface area contributed by atoms with Gasteiger partial charge < -0.3 is 19.2 Å². The van der Waals surface area contributed by atoms with E-state index < -0.39 is 0 Å². The van der Waals surface area contributed by atoms with Crippen LogP contribution in [-0.2, 0) is 6.54 Å². The number of para-hydroxylation sites is 2. The van der Waals surface area contributed by atoms with Crippen LogP contribution < -0.4 is 14.8 Å².